The molecule has 8 nitrogen and oxygen atoms in total. The van der Waals surface area contributed by atoms with Crippen molar-refractivity contribution in [3.63, 3.8) is 0 Å². The van der Waals surface area contributed by atoms with Gasteiger partial charge in [-0.15, -0.1) is 0 Å². The second kappa shape index (κ2) is 15.7. The van der Waals surface area contributed by atoms with E-state index in [2.05, 4.69) is 30.1 Å². The molecule has 0 N–H and O–H groups in total. The third-order valence-electron chi connectivity index (χ3n) is 6.15. The van der Waals surface area contributed by atoms with Crippen LogP contribution in [-0.2, 0) is 22.4 Å². The first-order valence-corrected chi connectivity index (χ1v) is 12.6. The average molecular weight is 530 g/mol. The van der Waals surface area contributed by atoms with Gasteiger partial charge in [0.15, 0.2) is 0 Å². The number of benzene rings is 1. The molecule has 198 valence electrons. The Morgan fingerprint density at radius 2 is 2.08 bits per heavy atom. The molecular weight excluding hydrogens is 493 g/mol. The Morgan fingerprint density at radius 3 is 2.79 bits per heavy atom. The third kappa shape index (κ3) is 8.98. The van der Waals surface area contributed by atoms with Crippen LogP contribution in [0.2, 0.25) is 0 Å². The molecule has 0 saturated carbocycles. The summed E-state index contributed by atoms with van der Waals surface area (Å²) in [5.74, 6) is 0.181. The molecule has 2 heterocycles. The molecule has 0 aliphatic carbocycles. The second-order valence-electron chi connectivity index (χ2n) is 9.25. The van der Waals surface area contributed by atoms with E-state index in [0.29, 0.717) is 43.2 Å². The monoisotopic (exact) mass is 529 g/mol. The number of unbranched alkanes of at least 4 members (excludes halogenated alkanes) is 1. The molecule has 1 aliphatic rings. The van der Waals surface area contributed by atoms with Crippen molar-refractivity contribution in [3.8, 4) is 5.75 Å². The van der Waals surface area contributed by atoms with Gasteiger partial charge in [0.25, 0.3) is 0 Å². The summed E-state index contributed by atoms with van der Waals surface area (Å²) in [6, 6.07) is 4.22. The van der Waals surface area contributed by atoms with Gasteiger partial charge in [0.05, 0.1) is 24.3 Å². The molecule has 38 heavy (non-hydrogen) atoms. The van der Waals surface area contributed by atoms with Crippen molar-refractivity contribution >= 4 is 18.0 Å². The molecule has 1 amide bonds. The number of rotatable bonds is 12. The summed E-state index contributed by atoms with van der Waals surface area (Å²) < 4.78 is 11.7. The number of carbonyl (C=O) groups is 2. The van der Waals surface area contributed by atoms with Gasteiger partial charge in [-0.25, -0.2) is 4.98 Å². The molecule has 0 bridgehead atoms. The van der Waals surface area contributed by atoms with Crippen LogP contribution < -0.4 is 39.4 Å². The normalized spacial score (nSPS) is 15.4. The van der Waals surface area contributed by atoms with Crippen LogP contribution in [0.15, 0.2) is 53.0 Å². The predicted octanol–water partition coefficient (Wildman–Crippen LogP) is 0.272. The van der Waals surface area contributed by atoms with Crippen LogP contribution in [-0.4, -0.2) is 60.5 Å². The predicted molar refractivity (Wildman–Crippen MR) is 141 cm³/mol. The van der Waals surface area contributed by atoms with Gasteiger partial charge in [0, 0.05) is 19.0 Å². The maximum Gasteiger partial charge on any atom is 1.00 e. The molecule has 0 saturated heterocycles. The fraction of sp³-hybridized carbons (Fsp3) is 0.414. The topological polar surface area (TPSA) is 98.9 Å². The summed E-state index contributed by atoms with van der Waals surface area (Å²) in [4.78, 5) is 32.7. The van der Waals surface area contributed by atoms with Crippen molar-refractivity contribution in [3.05, 3.63) is 77.1 Å². The number of nitrogens with zero attached hydrogens (tertiary/aromatic N) is 3. The largest absolute Gasteiger partial charge is 1.00 e. The van der Waals surface area contributed by atoms with E-state index in [1.807, 2.05) is 32.1 Å². The molecule has 1 unspecified atom stereocenters. The van der Waals surface area contributed by atoms with Crippen LogP contribution in [0.1, 0.15) is 54.3 Å². The number of hydrogen-bond donors (Lipinski definition) is 0. The number of oxazole rings is 1. The van der Waals surface area contributed by atoms with Gasteiger partial charge in [-0.2, -0.15) is 0 Å². The van der Waals surface area contributed by atoms with E-state index in [9.17, 15) is 14.7 Å². The average Bonchev–Trinajstić information content (AvgIpc) is 3.21. The number of allylic oxidation sites excluding steroid dienone is 4. The number of hydrogen-bond acceptors (Lipinski definition) is 7. The van der Waals surface area contributed by atoms with E-state index in [4.69, 9.17) is 9.15 Å². The second-order valence-corrected chi connectivity index (χ2v) is 9.25. The Bertz CT molecular complexity index is 1170. The zero-order chi connectivity index (χ0) is 26.8. The van der Waals surface area contributed by atoms with Crippen LogP contribution in [0.5, 0.6) is 5.75 Å². The van der Waals surface area contributed by atoms with Gasteiger partial charge in [0.2, 0.25) is 11.8 Å². The Balaban J connectivity index is 0.00000507. The van der Waals surface area contributed by atoms with Crippen LogP contribution >= 0.6 is 0 Å². The molecule has 0 fully saturated rings. The third-order valence-corrected chi connectivity index (χ3v) is 6.15. The van der Waals surface area contributed by atoms with E-state index in [-0.39, 0.29) is 35.5 Å². The van der Waals surface area contributed by atoms with Crippen LogP contribution in [0.3, 0.4) is 0 Å². The van der Waals surface area contributed by atoms with Gasteiger partial charge in [-0.1, -0.05) is 30.4 Å². The first kappa shape index (κ1) is 31.6. The van der Waals surface area contributed by atoms with E-state index in [1.54, 1.807) is 24.3 Å². The minimum Gasteiger partial charge on any atom is -0.548 e. The van der Waals surface area contributed by atoms with Crippen molar-refractivity contribution in [2.24, 2.45) is 0 Å². The summed E-state index contributed by atoms with van der Waals surface area (Å²) >= 11 is 0. The number of carboxylic acid groups (broad SMARTS) is 1. The Hall–Kier alpha value is -2.65. The number of aliphatic carboxylic acids is 1. The SMILES string of the molecule is CC=CC=CC(=O)N1CCc2ccc(OCCc3nc(/C=C/CCCN(C)C)oc3C)cc2C1C(=O)[O-].[Na+]. The Morgan fingerprint density at radius 1 is 1.29 bits per heavy atom. The number of ether oxygens (including phenoxy) is 1. The van der Waals surface area contributed by atoms with Crippen LogP contribution in [0, 0.1) is 6.92 Å². The smallest absolute Gasteiger partial charge is 0.548 e. The van der Waals surface area contributed by atoms with Gasteiger partial charge in [-0.05, 0) is 83.1 Å². The van der Waals surface area contributed by atoms with E-state index < -0.39 is 12.0 Å². The number of aromatic nitrogens is 1. The van der Waals surface area contributed by atoms with Crippen molar-refractivity contribution in [2.75, 3.05) is 33.8 Å². The minimum absolute atomic E-state index is 0. The number of amides is 1. The number of carboxylic acids is 1. The standard InChI is InChI=1S/C29H37N3O5.Na/c1-5-6-8-12-27(33)32-18-15-22-13-14-23(20-24(22)28(32)29(34)35)36-19-16-25-21(2)37-26(30-25)11-9-7-10-17-31(3)4;/h5-6,8-9,11-14,20,28H,7,10,15-19H2,1-4H3,(H,34,35);/q;+1/p-1/b6-5?,11-9+,12-8?;. The molecule has 9 heteroatoms. The summed E-state index contributed by atoms with van der Waals surface area (Å²) in [6.07, 6.45) is 13.6. The first-order valence-electron chi connectivity index (χ1n) is 12.6. The molecule has 2 aromatic rings. The van der Waals surface area contributed by atoms with Crippen molar-refractivity contribution in [2.45, 2.75) is 45.6 Å². The van der Waals surface area contributed by atoms with Gasteiger partial charge < -0.3 is 28.9 Å². The minimum atomic E-state index is -1.31. The molecule has 1 aliphatic heterocycles. The molecule has 0 spiro atoms. The maximum atomic E-state index is 12.6. The van der Waals surface area contributed by atoms with Gasteiger partial charge in [0.1, 0.15) is 11.5 Å². The number of carbonyl (C=O) groups excluding carboxylic acids is 2. The fourth-order valence-electron chi connectivity index (χ4n) is 4.25. The first-order chi connectivity index (χ1) is 17.8. The summed E-state index contributed by atoms with van der Waals surface area (Å²) in [6.45, 7) is 5.41. The Kier molecular flexibility index (Phi) is 13.0. The molecular formula is C29H36N3NaO5. The van der Waals surface area contributed by atoms with Crippen LogP contribution in [0.25, 0.3) is 6.08 Å². The molecule has 0 radical (unpaired) electrons. The summed E-state index contributed by atoms with van der Waals surface area (Å²) in [5, 5.41) is 12.0. The summed E-state index contributed by atoms with van der Waals surface area (Å²) in [7, 11) is 4.12. The van der Waals surface area contributed by atoms with Crippen molar-refractivity contribution in [1.29, 1.82) is 0 Å². The maximum absolute atomic E-state index is 12.6. The zero-order valence-corrected chi connectivity index (χ0v) is 25.1. The summed E-state index contributed by atoms with van der Waals surface area (Å²) in [5.41, 5.74) is 2.22. The quantitative estimate of drug-likeness (QED) is 0.169. The van der Waals surface area contributed by atoms with Gasteiger partial charge >= 0.3 is 29.6 Å². The van der Waals surface area contributed by atoms with Crippen molar-refractivity contribution < 1.29 is 53.4 Å². The van der Waals surface area contributed by atoms with E-state index in [1.165, 1.54) is 11.0 Å². The molecule has 1 atom stereocenters. The molecule has 1 aromatic heterocycles. The van der Waals surface area contributed by atoms with E-state index in [0.717, 1.165) is 36.4 Å². The van der Waals surface area contributed by atoms with Crippen LogP contribution in [0.4, 0.5) is 0 Å². The molecule has 1 aromatic carbocycles. The zero-order valence-electron chi connectivity index (χ0n) is 23.1. The van der Waals surface area contributed by atoms with Crippen molar-refractivity contribution in [1.82, 2.24) is 14.8 Å². The molecule has 3 rings (SSSR count). The fourth-order valence-corrected chi connectivity index (χ4v) is 4.25. The van der Waals surface area contributed by atoms with E-state index >= 15 is 0 Å². The Labute approximate surface area is 247 Å². The van der Waals surface area contributed by atoms with Gasteiger partial charge in [-0.3, -0.25) is 4.79 Å². The number of fused-ring (bicyclic) bond motifs is 1. The number of aryl methyl sites for hydroxylation is 1.